The van der Waals surface area contributed by atoms with Crippen LogP contribution in [-0.4, -0.2) is 0 Å². The Morgan fingerprint density at radius 1 is 0.846 bits per heavy atom. The van der Waals surface area contributed by atoms with E-state index in [2.05, 4.69) is 27.7 Å². The largest absolute Gasteiger partial charge is 0.0654 e. The first-order valence-electron chi connectivity index (χ1n) is 5.91. The molecule has 0 unspecified atom stereocenters. The van der Waals surface area contributed by atoms with Crippen molar-refractivity contribution >= 4 is 0 Å². The predicted octanol–water partition coefficient (Wildman–Crippen LogP) is 4.99. The molecule has 0 rings (SSSR count). The summed E-state index contributed by atoms with van der Waals surface area (Å²) in [5.74, 6) is 0. The lowest BCUT2D eigenvalue weighted by molar-refractivity contribution is 0.403. The van der Waals surface area contributed by atoms with Crippen molar-refractivity contribution in [3.8, 4) is 0 Å². The fourth-order valence-corrected chi connectivity index (χ4v) is 1.56. The molecule has 0 aliphatic carbocycles. The summed E-state index contributed by atoms with van der Waals surface area (Å²) in [5, 5.41) is 0. The van der Waals surface area contributed by atoms with Crippen LogP contribution in [0.5, 0.6) is 0 Å². The van der Waals surface area contributed by atoms with Crippen molar-refractivity contribution in [2.45, 2.75) is 72.1 Å². The molecule has 79 valence electrons. The van der Waals surface area contributed by atoms with Gasteiger partial charge < -0.3 is 0 Å². The third-order valence-electron chi connectivity index (χ3n) is 2.46. The lowest BCUT2D eigenvalue weighted by atomic mass is 9.89. The van der Waals surface area contributed by atoms with Gasteiger partial charge in [0.05, 0.1) is 0 Å². The average molecular weight is 183 g/mol. The molecule has 0 aromatic heterocycles. The Hall–Kier alpha value is 0. The minimum absolute atomic E-state index is 0.295. The second-order valence-corrected chi connectivity index (χ2v) is 5.04. The Morgan fingerprint density at radius 2 is 1.31 bits per heavy atom. The van der Waals surface area contributed by atoms with E-state index < -0.39 is 0 Å². The second-order valence-electron chi connectivity index (χ2n) is 5.04. The van der Waals surface area contributed by atoms with E-state index in [4.69, 9.17) is 0 Å². The lowest BCUT2D eigenvalue weighted by Gasteiger charge is -2.17. The summed E-state index contributed by atoms with van der Waals surface area (Å²) in [5.41, 5.74) is 0.295. The van der Waals surface area contributed by atoms with Gasteiger partial charge in [0.15, 0.2) is 0 Å². The summed E-state index contributed by atoms with van der Waals surface area (Å²) >= 11 is 0. The smallest absolute Gasteiger partial charge is 0.0354 e. The zero-order valence-corrected chi connectivity index (χ0v) is 9.86. The molecule has 0 aliphatic heterocycles. The Labute approximate surface area is 85.1 Å². The summed E-state index contributed by atoms with van der Waals surface area (Å²) in [6, 6.07) is 0. The highest BCUT2D eigenvalue weighted by molar-refractivity contribution is 4.69. The van der Waals surface area contributed by atoms with Gasteiger partial charge in [-0.3, -0.25) is 0 Å². The molecule has 0 N–H and O–H groups in total. The van der Waals surface area contributed by atoms with Gasteiger partial charge in [0.2, 0.25) is 0 Å². The molecule has 0 atom stereocenters. The van der Waals surface area contributed by atoms with Crippen molar-refractivity contribution < 1.29 is 0 Å². The van der Waals surface area contributed by atoms with Gasteiger partial charge in [-0.05, 0) is 18.8 Å². The summed E-state index contributed by atoms with van der Waals surface area (Å²) in [4.78, 5) is 0. The van der Waals surface area contributed by atoms with Crippen LogP contribution < -0.4 is 0 Å². The van der Waals surface area contributed by atoms with Crippen molar-refractivity contribution in [2.75, 3.05) is 0 Å². The van der Waals surface area contributed by atoms with Gasteiger partial charge >= 0.3 is 0 Å². The molecule has 0 heterocycles. The molecule has 13 heavy (non-hydrogen) atoms. The summed E-state index contributed by atoms with van der Waals surface area (Å²) in [6.45, 7) is 10.8. The maximum atomic E-state index is 4.12. The van der Waals surface area contributed by atoms with Crippen LogP contribution in [-0.2, 0) is 0 Å². The first-order chi connectivity index (χ1) is 6.06. The summed E-state index contributed by atoms with van der Waals surface area (Å²) < 4.78 is 0. The third kappa shape index (κ3) is 12.0. The highest BCUT2D eigenvalue weighted by Gasteiger charge is 2.08. The van der Waals surface area contributed by atoms with Crippen molar-refractivity contribution in [1.29, 1.82) is 0 Å². The maximum Gasteiger partial charge on any atom is -0.0354 e. The zero-order valence-electron chi connectivity index (χ0n) is 9.86. The van der Waals surface area contributed by atoms with Gasteiger partial charge in [-0.15, -0.1) is 0 Å². The van der Waals surface area contributed by atoms with Crippen molar-refractivity contribution in [2.24, 2.45) is 5.41 Å². The lowest BCUT2D eigenvalue weighted by Crippen LogP contribution is -2.04. The Bertz CT molecular complexity index is 97.1. The van der Waals surface area contributed by atoms with Gasteiger partial charge in [-0.1, -0.05) is 65.7 Å². The van der Waals surface area contributed by atoms with Gasteiger partial charge in [0.1, 0.15) is 0 Å². The van der Waals surface area contributed by atoms with E-state index in [1.165, 1.54) is 51.4 Å². The Balaban J connectivity index is 3.00. The molecule has 1 radical (unpaired) electrons. The van der Waals surface area contributed by atoms with Gasteiger partial charge in [0.25, 0.3) is 0 Å². The minimum atomic E-state index is 0.295. The number of hydrogen-bond acceptors (Lipinski definition) is 0. The fourth-order valence-electron chi connectivity index (χ4n) is 1.56. The number of unbranched alkanes of at least 4 members (excludes halogenated alkanes) is 6. The first kappa shape index (κ1) is 13.0. The molecule has 0 fully saturated rings. The Kier molecular flexibility index (Phi) is 7.41. The average Bonchev–Trinajstić information content (AvgIpc) is 2.01. The van der Waals surface area contributed by atoms with Crippen molar-refractivity contribution in [3.05, 3.63) is 6.92 Å². The molecule has 0 amide bonds. The van der Waals surface area contributed by atoms with E-state index >= 15 is 0 Å². The normalized spacial score (nSPS) is 12.0. The second kappa shape index (κ2) is 7.41. The highest BCUT2D eigenvalue weighted by Crippen LogP contribution is 2.22. The quantitative estimate of drug-likeness (QED) is 0.465. The molecule has 0 saturated carbocycles. The number of hydrogen-bond donors (Lipinski definition) is 0. The molecule has 0 aromatic carbocycles. The minimum Gasteiger partial charge on any atom is -0.0654 e. The van der Waals surface area contributed by atoms with Crippen LogP contribution in [0, 0.1) is 12.3 Å². The molecule has 0 aromatic rings. The maximum absolute atomic E-state index is 4.12. The van der Waals surface area contributed by atoms with E-state index in [-0.39, 0.29) is 0 Å². The van der Waals surface area contributed by atoms with Crippen LogP contribution in [0.4, 0.5) is 0 Å². The molecule has 0 saturated heterocycles. The van der Waals surface area contributed by atoms with Crippen LogP contribution in [0.3, 0.4) is 0 Å². The number of rotatable bonds is 8. The van der Waals surface area contributed by atoms with Crippen LogP contribution in [0.2, 0.25) is 0 Å². The van der Waals surface area contributed by atoms with Gasteiger partial charge in [0, 0.05) is 0 Å². The highest BCUT2D eigenvalue weighted by atomic mass is 14.1. The standard InChI is InChI=1S/C13H27/c1-5-6-7-8-9-10-11-12-13(2,3)4/h2,5-12H2,1,3-4H3. The molecular formula is C13H27. The summed E-state index contributed by atoms with van der Waals surface area (Å²) in [6.07, 6.45) is 11.1. The van der Waals surface area contributed by atoms with E-state index in [0.717, 1.165) is 0 Å². The zero-order chi connectivity index (χ0) is 10.2. The van der Waals surface area contributed by atoms with Crippen LogP contribution >= 0.6 is 0 Å². The molecule has 0 nitrogen and oxygen atoms in total. The Morgan fingerprint density at radius 3 is 1.77 bits per heavy atom. The van der Waals surface area contributed by atoms with Crippen LogP contribution in [0.25, 0.3) is 0 Å². The van der Waals surface area contributed by atoms with Gasteiger partial charge in [-0.25, -0.2) is 0 Å². The van der Waals surface area contributed by atoms with E-state index in [1.54, 1.807) is 0 Å². The predicted molar refractivity (Wildman–Crippen MR) is 61.7 cm³/mol. The summed E-state index contributed by atoms with van der Waals surface area (Å²) in [7, 11) is 0. The van der Waals surface area contributed by atoms with Gasteiger partial charge in [-0.2, -0.15) is 0 Å². The molecule has 0 spiro atoms. The molecule has 0 heteroatoms. The first-order valence-corrected chi connectivity index (χ1v) is 5.91. The molecule has 0 bridgehead atoms. The van der Waals surface area contributed by atoms with Crippen molar-refractivity contribution in [3.63, 3.8) is 0 Å². The monoisotopic (exact) mass is 183 g/mol. The SMILES string of the molecule is [CH2]C(C)(C)CCCCCCCCC. The van der Waals surface area contributed by atoms with E-state index in [9.17, 15) is 0 Å². The van der Waals surface area contributed by atoms with Crippen LogP contribution in [0.15, 0.2) is 0 Å². The van der Waals surface area contributed by atoms with E-state index in [0.29, 0.717) is 5.41 Å². The van der Waals surface area contributed by atoms with Crippen LogP contribution in [0.1, 0.15) is 72.1 Å². The topological polar surface area (TPSA) is 0 Å². The molecule has 0 aliphatic rings. The fraction of sp³-hybridized carbons (Fsp3) is 0.923. The van der Waals surface area contributed by atoms with Crippen molar-refractivity contribution in [1.82, 2.24) is 0 Å². The van der Waals surface area contributed by atoms with E-state index in [1.807, 2.05) is 0 Å². The molecular weight excluding hydrogens is 156 g/mol. The third-order valence-corrected chi connectivity index (χ3v) is 2.46.